The second kappa shape index (κ2) is 8.34. The Morgan fingerprint density at radius 3 is 2.52 bits per heavy atom. The molecule has 23 heavy (non-hydrogen) atoms. The predicted octanol–water partition coefficient (Wildman–Crippen LogP) is 3.36. The van der Waals surface area contributed by atoms with Crippen molar-refractivity contribution in [2.75, 3.05) is 11.9 Å². The highest BCUT2D eigenvalue weighted by Gasteiger charge is 2.09. The molecule has 0 radical (unpaired) electrons. The normalized spacial score (nSPS) is 12.0. The van der Waals surface area contributed by atoms with Crippen molar-refractivity contribution in [3.63, 3.8) is 0 Å². The van der Waals surface area contributed by atoms with Gasteiger partial charge < -0.3 is 15.7 Å². The van der Waals surface area contributed by atoms with E-state index in [9.17, 15) is 9.90 Å². The Morgan fingerprint density at radius 1 is 1.09 bits per heavy atom. The second-order valence-electron chi connectivity index (χ2n) is 5.85. The lowest BCUT2D eigenvalue weighted by molar-refractivity contribution is 0.0942. The summed E-state index contributed by atoms with van der Waals surface area (Å²) in [7, 11) is 0. The standard InChI is InChI=1S/C19H24N2O2/c1-14(2)21-17-10-6-9-16(13-17)19(23)20-12-11-18(22)15-7-4-3-5-8-15/h3-10,13-14,18,21-22H,11-12H2,1-2H3,(H,20,23)/t18-/m1/s1. The molecule has 4 nitrogen and oxygen atoms in total. The topological polar surface area (TPSA) is 61.4 Å². The molecule has 1 atom stereocenters. The first-order chi connectivity index (χ1) is 11.1. The fourth-order valence-corrected chi connectivity index (χ4v) is 2.35. The van der Waals surface area contributed by atoms with Gasteiger partial charge in [-0.2, -0.15) is 0 Å². The molecule has 2 aromatic carbocycles. The van der Waals surface area contributed by atoms with Crippen LogP contribution in [-0.2, 0) is 0 Å². The molecule has 0 saturated heterocycles. The maximum absolute atomic E-state index is 12.2. The first kappa shape index (κ1) is 17.0. The summed E-state index contributed by atoms with van der Waals surface area (Å²) >= 11 is 0. The summed E-state index contributed by atoms with van der Waals surface area (Å²) in [5, 5.41) is 16.2. The zero-order valence-electron chi connectivity index (χ0n) is 13.6. The molecule has 3 N–H and O–H groups in total. The molecule has 0 heterocycles. The third-order valence-electron chi connectivity index (χ3n) is 3.47. The van der Waals surface area contributed by atoms with E-state index in [0.29, 0.717) is 24.6 Å². The van der Waals surface area contributed by atoms with Crippen molar-refractivity contribution in [2.45, 2.75) is 32.4 Å². The van der Waals surface area contributed by atoms with Crippen LogP contribution in [0.3, 0.4) is 0 Å². The number of hydrogen-bond donors (Lipinski definition) is 3. The molecule has 0 fully saturated rings. The van der Waals surface area contributed by atoms with E-state index < -0.39 is 6.10 Å². The van der Waals surface area contributed by atoms with Gasteiger partial charge in [0.25, 0.3) is 5.91 Å². The van der Waals surface area contributed by atoms with Crippen LogP contribution in [0.25, 0.3) is 0 Å². The van der Waals surface area contributed by atoms with Crippen molar-refractivity contribution in [3.05, 3.63) is 65.7 Å². The number of carbonyl (C=O) groups excluding carboxylic acids is 1. The van der Waals surface area contributed by atoms with Crippen LogP contribution in [0.1, 0.15) is 42.3 Å². The summed E-state index contributed by atoms with van der Waals surface area (Å²) in [5.41, 5.74) is 2.41. The minimum Gasteiger partial charge on any atom is -0.388 e. The monoisotopic (exact) mass is 312 g/mol. The van der Waals surface area contributed by atoms with Gasteiger partial charge in [0.05, 0.1) is 6.10 Å². The van der Waals surface area contributed by atoms with Crippen LogP contribution < -0.4 is 10.6 Å². The van der Waals surface area contributed by atoms with E-state index in [0.717, 1.165) is 11.3 Å². The highest BCUT2D eigenvalue weighted by atomic mass is 16.3. The maximum Gasteiger partial charge on any atom is 0.251 e. The number of hydrogen-bond acceptors (Lipinski definition) is 3. The van der Waals surface area contributed by atoms with Crippen molar-refractivity contribution in [1.82, 2.24) is 5.32 Å². The molecule has 0 unspecified atom stereocenters. The van der Waals surface area contributed by atoms with Crippen molar-refractivity contribution in [1.29, 1.82) is 0 Å². The van der Waals surface area contributed by atoms with Crippen molar-refractivity contribution in [3.8, 4) is 0 Å². The van der Waals surface area contributed by atoms with E-state index in [4.69, 9.17) is 0 Å². The molecule has 2 rings (SSSR count). The van der Waals surface area contributed by atoms with E-state index in [1.165, 1.54) is 0 Å². The van der Waals surface area contributed by atoms with Gasteiger partial charge in [0.1, 0.15) is 0 Å². The van der Waals surface area contributed by atoms with Crippen LogP contribution in [0.5, 0.6) is 0 Å². The molecule has 0 bridgehead atoms. The lowest BCUT2D eigenvalue weighted by Gasteiger charge is -2.13. The molecule has 0 spiro atoms. The van der Waals surface area contributed by atoms with Crippen LogP contribution in [0.2, 0.25) is 0 Å². The number of aliphatic hydroxyl groups is 1. The van der Waals surface area contributed by atoms with Gasteiger partial charge in [-0.25, -0.2) is 0 Å². The Hall–Kier alpha value is -2.33. The molecule has 0 aliphatic heterocycles. The van der Waals surface area contributed by atoms with Gasteiger partial charge in [0.15, 0.2) is 0 Å². The largest absolute Gasteiger partial charge is 0.388 e. The highest BCUT2D eigenvalue weighted by Crippen LogP contribution is 2.15. The Balaban J connectivity index is 1.85. The molecule has 122 valence electrons. The number of carbonyl (C=O) groups is 1. The molecule has 0 saturated carbocycles. The van der Waals surface area contributed by atoms with Crippen molar-refractivity contribution >= 4 is 11.6 Å². The Labute approximate surface area is 137 Å². The number of anilines is 1. The second-order valence-corrected chi connectivity index (χ2v) is 5.85. The third-order valence-corrected chi connectivity index (χ3v) is 3.47. The highest BCUT2D eigenvalue weighted by molar-refractivity contribution is 5.95. The number of amides is 1. The average Bonchev–Trinajstić information content (AvgIpc) is 2.55. The zero-order valence-corrected chi connectivity index (χ0v) is 13.6. The van der Waals surface area contributed by atoms with Crippen LogP contribution in [0, 0.1) is 0 Å². The van der Waals surface area contributed by atoms with Gasteiger partial charge in [-0.3, -0.25) is 4.79 Å². The van der Waals surface area contributed by atoms with Gasteiger partial charge in [-0.05, 0) is 44.0 Å². The quantitative estimate of drug-likeness (QED) is 0.734. The van der Waals surface area contributed by atoms with Crippen molar-refractivity contribution in [2.24, 2.45) is 0 Å². The van der Waals surface area contributed by atoms with Crippen LogP contribution in [0.4, 0.5) is 5.69 Å². The Bertz CT molecular complexity index is 626. The molecule has 0 aliphatic carbocycles. The van der Waals surface area contributed by atoms with Gasteiger partial charge in [-0.15, -0.1) is 0 Å². The molecule has 0 aromatic heterocycles. The minimum atomic E-state index is -0.564. The lowest BCUT2D eigenvalue weighted by Crippen LogP contribution is -2.25. The summed E-state index contributed by atoms with van der Waals surface area (Å²) in [4.78, 5) is 12.2. The molecule has 0 aliphatic rings. The first-order valence-electron chi connectivity index (χ1n) is 7.94. The molecule has 1 amide bonds. The van der Waals surface area contributed by atoms with Gasteiger partial charge in [0, 0.05) is 23.8 Å². The van der Waals surface area contributed by atoms with Crippen LogP contribution in [0.15, 0.2) is 54.6 Å². The van der Waals surface area contributed by atoms with Gasteiger partial charge in [0.2, 0.25) is 0 Å². The first-order valence-corrected chi connectivity index (χ1v) is 7.94. The SMILES string of the molecule is CC(C)Nc1cccc(C(=O)NCC[C@@H](O)c2ccccc2)c1. The van der Waals surface area contributed by atoms with E-state index >= 15 is 0 Å². The molecular weight excluding hydrogens is 288 g/mol. The summed E-state index contributed by atoms with van der Waals surface area (Å²) in [6.07, 6.45) is -0.0786. The molecule has 4 heteroatoms. The van der Waals surface area contributed by atoms with E-state index in [2.05, 4.69) is 24.5 Å². The summed E-state index contributed by atoms with van der Waals surface area (Å²) in [6.45, 7) is 4.53. The average molecular weight is 312 g/mol. The van der Waals surface area contributed by atoms with Crippen LogP contribution >= 0.6 is 0 Å². The smallest absolute Gasteiger partial charge is 0.251 e. The Kier molecular flexibility index (Phi) is 6.18. The number of benzene rings is 2. The van der Waals surface area contributed by atoms with Gasteiger partial charge in [-0.1, -0.05) is 36.4 Å². The van der Waals surface area contributed by atoms with Crippen LogP contribution in [-0.4, -0.2) is 23.6 Å². The summed E-state index contributed by atoms with van der Waals surface area (Å²) in [6, 6.07) is 17.2. The van der Waals surface area contributed by atoms with E-state index in [1.807, 2.05) is 48.5 Å². The molecular formula is C19H24N2O2. The summed E-state index contributed by atoms with van der Waals surface area (Å²) < 4.78 is 0. The maximum atomic E-state index is 12.2. The molecule has 2 aromatic rings. The lowest BCUT2D eigenvalue weighted by atomic mass is 10.1. The Morgan fingerprint density at radius 2 is 1.83 bits per heavy atom. The fraction of sp³-hybridized carbons (Fsp3) is 0.316. The predicted molar refractivity (Wildman–Crippen MR) is 93.6 cm³/mol. The number of rotatable bonds is 7. The summed E-state index contributed by atoms with van der Waals surface area (Å²) in [5.74, 6) is -0.127. The zero-order chi connectivity index (χ0) is 16.7. The minimum absolute atomic E-state index is 0.127. The van der Waals surface area contributed by atoms with E-state index in [1.54, 1.807) is 6.07 Å². The van der Waals surface area contributed by atoms with E-state index in [-0.39, 0.29) is 5.91 Å². The van der Waals surface area contributed by atoms with Gasteiger partial charge >= 0.3 is 0 Å². The van der Waals surface area contributed by atoms with Crippen molar-refractivity contribution < 1.29 is 9.90 Å². The third kappa shape index (κ3) is 5.42. The fourth-order valence-electron chi connectivity index (χ4n) is 2.35. The number of nitrogens with one attached hydrogen (secondary N) is 2. The number of aliphatic hydroxyl groups excluding tert-OH is 1.